The van der Waals surface area contributed by atoms with Crippen LogP contribution in [0.25, 0.3) is 0 Å². The van der Waals surface area contributed by atoms with Crippen LogP contribution in [0.3, 0.4) is 0 Å². The number of nitrogens with two attached hydrogens (primary N) is 1. The van der Waals surface area contributed by atoms with Gasteiger partial charge in [-0.15, -0.1) is 0 Å². The summed E-state index contributed by atoms with van der Waals surface area (Å²) < 4.78 is 0. The SMILES string of the molecule is CC(C)CCN(C(=O)c1cccc(N)n1)C1CCCC1. The van der Waals surface area contributed by atoms with Crippen LogP contribution in [0.2, 0.25) is 0 Å². The summed E-state index contributed by atoms with van der Waals surface area (Å²) in [5.74, 6) is 1.04. The van der Waals surface area contributed by atoms with Crippen molar-refractivity contribution >= 4 is 11.7 Å². The van der Waals surface area contributed by atoms with Crippen molar-refractivity contribution in [1.82, 2.24) is 9.88 Å². The molecule has 1 amide bonds. The number of aromatic nitrogens is 1. The Morgan fingerprint density at radius 2 is 2.10 bits per heavy atom. The lowest BCUT2D eigenvalue weighted by molar-refractivity contribution is 0.0666. The topological polar surface area (TPSA) is 59.2 Å². The Labute approximate surface area is 121 Å². The van der Waals surface area contributed by atoms with Gasteiger partial charge in [0.1, 0.15) is 11.5 Å². The number of pyridine rings is 1. The van der Waals surface area contributed by atoms with Crippen LogP contribution in [0.5, 0.6) is 0 Å². The van der Waals surface area contributed by atoms with Gasteiger partial charge in [0.2, 0.25) is 0 Å². The monoisotopic (exact) mass is 275 g/mol. The highest BCUT2D eigenvalue weighted by Crippen LogP contribution is 2.25. The van der Waals surface area contributed by atoms with Crippen molar-refractivity contribution < 1.29 is 4.79 Å². The summed E-state index contributed by atoms with van der Waals surface area (Å²) >= 11 is 0. The van der Waals surface area contributed by atoms with Gasteiger partial charge in [-0.05, 0) is 37.3 Å². The minimum Gasteiger partial charge on any atom is -0.384 e. The van der Waals surface area contributed by atoms with Crippen molar-refractivity contribution in [2.45, 2.75) is 52.0 Å². The molecule has 1 aromatic heterocycles. The van der Waals surface area contributed by atoms with Gasteiger partial charge in [0.25, 0.3) is 5.91 Å². The van der Waals surface area contributed by atoms with E-state index in [1.165, 1.54) is 12.8 Å². The van der Waals surface area contributed by atoms with Crippen LogP contribution in [-0.4, -0.2) is 28.4 Å². The molecule has 0 atom stereocenters. The van der Waals surface area contributed by atoms with Crippen LogP contribution in [0.1, 0.15) is 56.4 Å². The first kappa shape index (κ1) is 14.8. The molecular weight excluding hydrogens is 250 g/mol. The number of anilines is 1. The zero-order valence-electron chi connectivity index (χ0n) is 12.5. The second-order valence-electron chi connectivity index (χ2n) is 6.07. The molecule has 0 aromatic carbocycles. The maximum atomic E-state index is 12.7. The average molecular weight is 275 g/mol. The van der Waals surface area contributed by atoms with Gasteiger partial charge in [-0.25, -0.2) is 4.98 Å². The number of rotatable bonds is 5. The Bertz CT molecular complexity index is 453. The Morgan fingerprint density at radius 1 is 1.40 bits per heavy atom. The van der Waals surface area contributed by atoms with E-state index in [0.29, 0.717) is 23.5 Å². The predicted octanol–water partition coefficient (Wildman–Crippen LogP) is 3.09. The number of hydrogen-bond donors (Lipinski definition) is 1. The van der Waals surface area contributed by atoms with Gasteiger partial charge in [-0.3, -0.25) is 4.79 Å². The van der Waals surface area contributed by atoms with Crippen LogP contribution in [-0.2, 0) is 0 Å². The Balaban J connectivity index is 2.14. The molecule has 0 unspecified atom stereocenters. The standard InChI is InChI=1S/C16H25N3O/c1-12(2)10-11-19(13-6-3-4-7-13)16(20)14-8-5-9-15(17)18-14/h5,8-9,12-13H,3-4,6-7,10-11H2,1-2H3,(H2,17,18). The Hall–Kier alpha value is -1.58. The highest BCUT2D eigenvalue weighted by molar-refractivity contribution is 5.92. The van der Waals surface area contributed by atoms with Crippen molar-refractivity contribution in [3.05, 3.63) is 23.9 Å². The Kier molecular flexibility index (Phi) is 4.99. The fourth-order valence-corrected chi connectivity index (χ4v) is 2.78. The van der Waals surface area contributed by atoms with Crippen molar-refractivity contribution in [3.63, 3.8) is 0 Å². The second kappa shape index (κ2) is 6.73. The molecule has 2 N–H and O–H groups in total. The first-order valence-corrected chi connectivity index (χ1v) is 7.61. The summed E-state index contributed by atoms with van der Waals surface area (Å²) in [6.45, 7) is 5.20. The van der Waals surface area contributed by atoms with E-state index in [9.17, 15) is 4.79 Å². The summed E-state index contributed by atoms with van der Waals surface area (Å²) in [5, 5.41) is 0. The number of amides is 1. The van der Waals surface area contributed by atoms with Gasteiger partial charge >= 0.3 is 0 Å². The summed E-state index contributed by atoms with van der Waals surface area (Å²) in [6, 6.07) is 5.65. The van der Waals surface area contributed by atoms with Gasteiger partial charge in [0.15, 0.2) is 0 Å². The minimum absolute atomic E-state index is 0.0323. The molecule has 4 heteroatoms. The van der Waals surface area contributed by atoms with Crippen LogP contribution in [0, 0.1) is 5.92 Å². The molecule has 1 aliphatic rings. The predicted molar refractivity (Wildman–Crippen MR) is 81.4 cm³/mol. The van der Waals surface area contributed by atoms with E-state index in [1.807, 2.05) is 4.90 Å². The molecular formula is C16H25N3O. The molecule has 4 nitrogen and oxygen atoms in total. The summed E-state index contributed by atoms with van der Waals surface area (Å²) in [7, 11) is 0. The first-order valence-electron chi connectivity index (χ1n) is 7.61. The molecule has 2 rings (SSSR count). The van der Waals surface area contributed by atoms with Gasteiger partial charge in [-0.1, -0.05) is 32.8 Å². The quantitative estimate of drug-likeness (QED) is 0.898. The molecule has 0 saturated heterocycles. The fourth-order valence-electron chi connectivity index (χ4n) is 2.78. The van der Waals surface area contributed by atoms with Crippen molar-refractivity contribution in [2.24, 2.45) is 5.92 Å². The third kappa shape index (κ3) is 3.71. The molecule has 1 aliphatic carbocycles. The molecule has 1 saturated carbocycles. The van der Waals surface area contributed by atoms with Gasteiger partial charge < -0.3 is 10.6 Å². The molecule has 1 aromatic rings. The molecule has 0 aliphatic heterocycles. The molecule has 1 heterocycles. The van der Waals surface area contributed by atoms with Crippen molar-refractivity contribution in [2.75, 3.05) is 12.3 Å². The van der Waals surface area contributed by atoms with Crippen LogP contribution >= 0.6 is 0 Å². The highest BCUT2D eigenvalue weighted by atomic mass is 16.2. The van der Waals surface area contributed by atoms with Crippen molar-refractivity contribution in [1.29, 1.82) is 0 Å². The van der Waals surface area contributed by atoms with E-state index < -0.39 is 0 Å². The maximum absolute atomic E-state index is 12.7. The number of nitrogens with zero attached hydrogens (tertiary/aromatic N) is 2. The molecule has 110 valence electrons. The summed E-state index contributed by atoms with van der Waals surface area (Å²) in [4.78, 5) is 18.9. The van der Waals surface area contributed by atoms with Crippen molar-refractivity contribution in [3.8, 4) is 0 Å². The molecule has 20 heavy (non-hydrogen) atoms. The van der Waals surface area contributed by atoms with E-state index in [4.69, 9.17) is 5.73 Å². The van der Waals surface area contributed by atoms with E-state index in [-0.39, 0.29) is 5.91 Å². The van der Waals surface area contributed by atoms with E-state index in [0.717, 1.165) is 25.8 Å². The molecule has 1 fully saturated rings. The van der Waals surface area contributed by atoms with Gasteiger partial charge in [0.05, 0.1) is 0 Å². The number of carbonyl (C=O) groups is 1. The zero-order chi connectivity index (χ0) is 14.5. The lowest BCUT2D eigenvalue weighted by Gasteiger charge is -2.29. The lowest BCUT2D eigenvalue weighted by atomic mass is 10.1. The highest BCUT2D eigenvalue weighted by Gasteiger charge is 2.27. The summed E-state index contributed by atoms with van der Waals surface area (Å²) in [6.07, 6.45) is 5.71. The number of hydrogen-bond acceptors (Lipinski definition) is 3. The van der Waals surface area contributed by atoms with E-state index in [2.05, 4.69) is 18.8 Å². The van der Waals surface area contributed by atoms with E-state index in [1.54, 1.807) is 18.2 Å². The molecule has 0 spiro atoms. The third-order valence-corrected chi connectivity index (χ3v) is 3.96. The largest absolute Gasteiger partial charge is 0.384 e. The first-order chi connectivity index (χ1) is 9.58. The molecule has 0 bridgehead atoms. The van der Waals surface area contributed by atoms with Crippen LogP contribution in [0.4, 0.5) is 5.82 Å². The second-order valence-corrected chi connectivity index (χ2v) is 6.07. The number of carbonyl (C=O) groups excluding carboxylic acids is 1. The van der Waals surface area contributed by atoms with Gasteiger partial charge in [-0.2, -0.15) is 0 Å². The summed E-state index contributed by atoms with van der Waals surface area (Å²) in [5.41, 5.74) is 6.16. The van der Waals surface area contributed by atoms with Crippen LogP contribution < -0.4 is 5.73 Å². The smallest absolute Gasteiger partial charge is 0.272 e. The number of nitrogen functional groups attached to an aromatic ring is 1. The van der Waals surface area contributed by atoms with Gasteiger partial charge in [0, 0.05) is 12.6 Å². The lowest BCUT2D eigenvalue weighted by Crippen LogP contribution is -2.40. The maximum Gasteiger partial charge on any atom is 0.272 e. The van der Waals surface area contributed by atoms with E-state index >= 15 is 0 Å². The molecule has 0 radical (unpaired) electrons. The third-order valence-electron chi connectivity index (χ3n) is 3.96. The Morgan fingerprint density at radius 3 is 2.70 bits per heavy atom. The minimum atomic E-state index is 0.0323. The normalized spacial score (nSPS) is 15.8. The average Bonchev–Trinajstić information content (AvgIpc) is 2.92. The van der Waals surface area contributed by atoms with Crippen LogP contribution in [0.15, 0.2) is 18.2 Å². The zero-order valence-corrected chi connectivity index (χ0v) is 12.5. The fraction of sp³-hybridized carbons (Fsp3) is 0.625.